The number of fused-ring (bicyclic) bond motifs is 1. The van der Waals surface area contributed by atoms with Crippen LogP contribution in [0.15, 0.2) is 39.5 Å². The van der Waals surface area contributed by atoms with Crippen LogP contribution in [0.3, 0.4) is 0 Å². The van der Waals surface area contributed by atoms with Crippen LogP contribution in [0, 0.1) is 0 Å². The fourth-order valence-corrected chi connectivity index (χ4v) is 3.55. The fourth-order valence-electron chi connectivity index (χ4n) is 3.55. The number of rotatable bonds is 4. The van der Waals surface area contributed by atoms with Crippen molar-refractivity contribution in [3.8, 4) is 40.1 Å². The van der Waals surface area contributed by atoms with E-state index in [4.69, 9.17) is 18.6 Å². The van der Waals surface area contributed by atoms with Gasteiger partial charge in [0.15, 0.2) is 23.0 Å². The number of aromatic hydroxyl groups is 4. The van der Waals surface area contributed by atoms with Crippen LogP contribution in [0.4, 0.5) is 0 Å². The molecule has 0 amide bonds. The van der Waals surface area contributed by atoms with E-state index in [1.54, 1.807) is 0 Å². The Labute approximate surface area is 190 Å². The molecule has 0 radical (unpaired) electrons. The van der Waals surface area contributed by atoms with E-state index in [1.165, 1.54) is 0 Å². The molecule has 2 aromatic carbocycles. The van der Waals surface area contributed by atoms with Crippen molar-refractivity contribution >= 4 is 16.9 Å². The summed E-state index contributed by atoms with van der Waals surface area (Å²) < 4.78 is 21.5. The van der Waals surface area contributed by atoms with E-state index in [-0.39, 0.29) is 40.4 Å². The van der Waals surface area contributed by atoms with E-state index >= 15 is 0 Å². The van der Waals surface area contributed by atoms with Crippen molar-refractivity contribution in [2.75, 3.05) is 6.61 Å². The number of carbonyl (C=O) groups is 1. The first kappa shape index (κ1) is 23.2. The summed E-state index contributed by atoms with van der Waals surface area (Å²) in [7, 11) is 0. The van der Waals surface area contributed by atoms with Crippen LogP contribution in [0.2, 0.25) is 0 Å². The van der Waals surface area contributed by atoms with Crippen molar-refractivity contribution in [2.24, 2.45) is 0 Å². The number of hydrogen-bond donors (Lipinski definition) is 6. The van der Waals surface area contributed by atoms with Crippen molar-refractivity contribution in [2.45, 2.75) is 31.5 Å². The maximum atomic E-state index is 12.6. The maximum absolute atomic E-state index is 12.6. The summed E-state index contributed by atoms with van der Waals surface area (Å²) in [5, 5.41) is 60.1. The molecular weight excluding hydrogens is 456 g/mol. The van der Waals surface area contributed by atoms with Crippen LogP contribution in [-0.2, 0) is 14.3 Å². The van der Waals surface area contributed by atoms with E-state index in [1.807, 2.05) is 0 Å². The Morgan fingerprint density at radius 2 is 1.68 bits per heavy atom. The van der Waals surface area contributed by atoms with Gasteiger partial charge in [0.1, 0.15) is 46.2 Å². The molecule has 1 saturated heterocycles. The number of phenolic OH excluding ortho intramolecular Hbond substituents is 4. The van der Waals surface area contributed by atoms with Crippen LogP contribution in [-0.4, -0.2) is 67.8 Å². The quantitative estimate of drug-likeness (QED) is 0.228. The Balaban J connectivity index is 1.74. The second-order valence-electron chi connectivity index (χ2n) is 7.60. The highest BCUT2D eigenvalue weighted by Gasteiger charge is 2.42. The smallest absolute Gasteiger partial charge is 0.303 e. The van der Waals surface area contributed by atoms with Gasteiger partial charge in [-0.25, -0.2) is 0 Å². The van der Waals surface area contributed by atoms with Crippen LogP contribution in [0.25, 0.3) is 22.3 Å². The topological polar surface area (TPSA) is 196 Å². The van der Waals surface area contributed by atoms with E-state index in [9.17, 15) is 40.2 Å². The normalized spacial score (nSPS) is 22.4. The van der Waals surface area contributed by atoms with Gasteiger partial charge in [0.2, 0.25) is 6.29 Å². The summed E-state index contributed by atoms with van der Waals surface area (Å²) in [6.45, 7) is 0.815. The summed E-state index contributed by atoms with van der Waals surface area (Å²) in [5.74, 6) is -3.17. The lowest BCUT2D eigenvalue weighted by Gasteiger charge is -2.36. The standard InChI is InChI=1S/C22H20O12/c1-8(23)32-18-7-31-22(21(30)20(18)29)34-16-5-12(26)11(25)4-10(16)15-6-14(28)19-13(27)2-9(24)3-17(19)33-15/h2-6,18,20-22,24-27,29-30H,7H2,1H3/t18-,20+,21-,22+/m1/s1. The molecule has 12 heteroatoms. The second kappa shape index (κ2) is 8.74. The zero-order chi connectivity index (χ0) is 24.7. The van der Waals surface area contributed by atoms with Gasteiger partial charge < -0.3 is 49.3 Å². The lowest BCUT2D eigenvalue weighted by molar-refractivity contribution is -0.247. The number of esters is 1. The van der Waals surface area contributed by atoms with Crippen molar-refractivity contribution in [3.63, 3.8) is 0 Å². The summed E-state index contributed by atoms with van der Waals surface area (Å²) >= 11 is 0. The van der Waals surface area contributed by atoms with Crippen molar-refractivity contribution in [3.05, 3.63) is 40.6 Å². The van der Waals surface area contributed by atoms with Crippen molar-refractivity contribution in [1.29, 1.82) is 0 Å². The Bertz CT molecular complexity index is 1310. The Hall–Kier alpha value is -4.00. The van der Waals surface area contributed by atoms with Crippen molar-refractivity contribution < 1.29 is 54.1 Å². The summed E-state index contributed by atoms with van der Waals surface area (Å²) in [4.78, 5) is 23.7. The van der Waals surface area contributed by atoms with Gasteiger partial charge in [0, 0.05) is 31.2 Å². The molecule has 1 fully saturated rings. The summed E-state index contributed by atoms with van der Waals surface area (Å²) in [6, 6.07) is 5.04. The van der Waals surface area contributed by atoms with Gasteiger partial charge in [0.05, 0.1) is 12.2 Å². The first-order valence-electron chi connectivity index (χ1n) is 9.93. The number of phenols is 4. The molecule has 1 aliphatic rings. The molecule has 4 rings (SSSR count). The lowest BCUT2D eigenvalue weighted by atomic mass is 10.0. The molecule has 4 atom stereocenters. The van der Waals surface area contributed by atoms with Gasteiger partial charge >= 0.3 is 5.97 Å². The zero-order valence-corrected chi connectivity index (χ0v) is 17.5. The van der Waals surface area contributed by atoms with Gasteiger partial charge in [-0.1, -0.05) is 0 Å². The third kappa shape index (κ3) is 4.29. The highest BCUT2D eigenvalue weighted by atomic mass is 16.7. The minimum Gasteiger partial charge on any atom is -0.508 e. The number of benzene rings is 2. The van der Waals surface area contributed by atoms with Crippen LogP contribution < -0.4 is 10.2 Å². The Morgan fingerprint density at radius 3 is 2.38 bits per heavy atom. The molecule has 0 aliphatic carbocycles. The first-order chi connectivity index (χ1) is 16.0. The number of aliphatic hydroxyl groups excluding tert-OH is 2. The molecular formula is C22H20O12. The van der Waals surface area contributed by atoms with Crippen molar-refractivity contribution in [1.82, 2.24) is 0 Å². The van der Waals surface area contributed by atoms with E-state index in [0.717, 1.165) is 37.3 Å². The molecule has 1 aromatic heterocycles. The molecule has 1 aliphatic heterocycles. The predicted molar refractivity (Wildman–Crippen MR) is 113 cm³/mol. The third-order valence-electron chi connectivity index (χ3n) is 5.13. The largest absolute Gasteiger partial charge is 0.508 e. The van der Waals surface area contributed by atoms with Crippen LogP contribution in [0.1, 0.15) is 6.92 Å². The highest BCUT2D eigenvalue weighted by molar-refractivity contribution is 5.86. The predicted octanol–water partition coefficient (Wildman–Crippen LogP) is 0.671. The number of carbonyl (C=O) groups excluding carboxylic acids is 1. The molecule has 2 heterocycles. The Morgan fingerprint density at radius 1 is 0.971 bits per heavy atom. The van der Waals surface area contributed by atoms with Gasteiger partial charge in [-0.15, -0.1) is 0 Å². The van der Waals surface area contributed by atoms with Gasteiger partial charge in [-0.05, 0) is 6.07 Å². The van der Waals surface area contributed by atoms with E-state index < -0.39 is 53.2 Å². The zero-order valence-electron chi connectivity index (χ0n) is 17.5. The first-order valence-corrected chi connectivity index (χ1v) is 9.93. The number of aliphatic hydroxyl groups is 2. The van der Waals surface area contributed by atoms with Gasteiger partial charge in [-0.2, -0.15) is 0 Å². The van der Waals surface area contributed by atoms with Gasteiger partial charge in [0.25, 0.3) is 0 Å². The highest BCUT2D eigenvalue weighted by Crippen LogP contribution is 2.41. The number of hydrogen-bond acceptors (Lipinski definition) is 12. The SMILES string of the molecule is CC(=O)O[C@@H]1CO[C@@H](Oc2cc(O)c(O)cc2-c2cc(=O)c3c(O)cc(O)cc3o2)[C@H](O)[C@H]1O. The van der Waals surface area contributed by atoms with Crippen LogP contribution >= 0.6 is 0 Å². The molecule has 34 heavy (non-hydrogen) atoms. The molecule has 0 saturated carbocycles. The third-order valence-corrected chi connectivity index (χ3v) is 5.13. The molecule has 0 bridgehead atoms. The maximum Gasteiger partial charge on any atom is 0.303 e. The fraction of sp³-hybridized carbons (Fsp3) is 0.273. The average Bonchev–Trinajstić information content (AvgIpc) is 2.74. The number of ether oxygens (including phenoxy) is 3. The Kier molecular flexibility index (Phi) is 5.96. The molecule has 6 N–H and O–H groups in total. The average molecular weight is 476 g/mol. The molecule has 0 unspecified atom stereocenters. The summed E-state index contributed by atoms with van der Waals surface area (Å²) in [6.07, 6.45) is -5.87. The minimum atomic E-state index is -1.68. The minimum absolute atomic E-state index is 0.0652. The van der Waals surface area contributed by atoms with Gasteiger partial charge in [-0.3, -0.25) is 9.59 Å². The summed E-state index contributed by atoms with van der Waals surface area (Å²) in [5.41, 5.74) is -0.919. The van der Waals surface area contributed by atoms with E-state index in [0.29, 0.717) is 0 Å². The van der Waals surface area contributed by atoms with Crippen LogP contribution in [0.5, 0.6) is 28.7 Å². The second-order valence-corrected chi connectivity index (χ2v) is 7.60. The molecule has 0 spiro atoms. The molecule has 3 aromatic rings. The lowest BCUT2D eigenvalue weighted by Crippen LogP contribution is -2.56. The monoisotopic (exact) mass is 476 g/mol. The molecule has 12 nitrogen and oxygen atoms in total. The molecule has 180 valence electrons. The van der Waals surface area contributed by atoms with E-state index in [2.05, 4.69) is 0 Å².